The number of likely N-dealkylation sites (tertiary alicyclic amines) is 1. The first-order chi connectivity index (χ1) is 12.1. The summed E-state index contributed by atoms with van der Waals surface area (Å²) in [5.41, 5.74) is 0. The Hall–Kier alpha value is -1.18. The van der Waals surface area contributed by atoms with Gasteiger partial charge in [0.2, 0.25) is 5.91 Å². The molecule has 0 bridgehead atoms. The lowest BCUT2D eigenvalue weighted by atomic mass is 9.93. The van der Waals surface area contributed by atoms with Gasteiger partial charge in [-0.05, 0) is 45.7 Å². The number of carboxylic acids is 1. The first-order valence-electron chi connectivity index (χ1n) is 9.27. The molecule has 1 unspecified atom stereocenters. The number of thiazole rings is 1. The molecule has 0 spiro atoms. The van der Waals surface area contributed by atoms with Crippen LogP contribution in [-0.4, -0.2) is 52.0 Å². The lowest BCUT2D eigenvalue weighted by molar-refractivity contribution is -0.143. The molecule has 26 heavy (non-hydrogen) atoms. The fourth-order valence-electron chi connectivity index (χ4n) is 4.00. The smallest absolute Gasteiger partial charge is 0.306 e. The number of halogens is 1. The molecule has 0 aromatic carbocycles. The predicted molar refractivity (Wildman–Crippen MR) is 105 cm³/mol. The van der Waals surface area contributed by atoms with Gasteiger partial charge >= 0.3 is 5.97 Å². The van der Waals surface area contributed by atoms with Gasteiger partial charge in [-0.15, -0.1) is 23.7 Å². The second-order valence-corrected chi connectivity index (χ2v) is 8.01. The van der Waals surface area contributed by atoms with Crippen molar-refractivity contribution in [3.05, 3.63) is 11.6 Å². The molecule has 1 saturated heterocycles. The zero-order valence-corrected chi connectivity index (χ0v) is 16.8. The average Bonchev–Trinajstić information content (AvgIpc) is 3.16. The van der Waals surface area contributed by atoms with E-state index in [-0.39, 0.29) is 36.3 Å². The van der Waals surface area contributed by atoms with Crippen molar-refractivity contribution in [2.75, 3.05) is 18.0 Å². The Morgan fingerprint density at radius 3 is 2.42 bits per heavy atom. The van der Waals surface area contributed by atoms with Crippen LogP contribution in [0.1, 0.15) is 51.9 Å². The first-order valence-corrected chi connectivity index (χ1v) is 10.2. The molecule has 146 valence electrons. The number of aliphatic carboxylic acids is 1. The summed E-state index contributed by atoms with van der Waals surface area (Å²) in [5, 5.41) is 11.9. The van der Waals surface area contributed by atoms with Gasteiger partial charge in [-0.2, -0.15) is 0 Å². The lowest BCUT2D eigenvalue weighted by Gasteiger charge is -2.39. The molecule has 1 atom stereocenters. The molecular formula is C18H28ClN3O3S. The second kappa shape index (κ2) is 9.67. The van der Waals surface area contributed by atoms with E-state index in [2.05, 4.69) is 9.88 Å². The Bertz CT molecular complexity index is 585. The molecule has 1 saturated carbocycles. The summed E-state index contributed by atoms with van der Waals surface area (Å²) in [6, 6.07) is 0.00646. The molecular weight excluding hydrogens is 374 g/mol. The van der Waals surface area contributed by atoms with E-state index in [1.807, 2.05) is 17.2 Å². The zero-order chi connectivity index (χ0) is 17.8. The number of nitrogens with zero attached hydrogens (tertiary/aromatic N) is 3. The molecule has 2 heterocycles. The topological polar surface area (TPSA) is 73.7 Å². The number of carbonyl (C=O) groups is 2. The Balaban J connectivity index is 0.00000243. The molecule has 1 aromatic rings. The minimum atomic E-state index is -0.717. The number of piperidine rings is 1. The van der Waals surface area contributed by atoms with Crippen molar-refractivity contribution in [3.8, 4) is 0 Å². The molecule has 1 aliphatic carbocycles. The lowest BCUT2D eigenvalue weighted by Crippen LogP contribution is -2.53. The van der Waals surface area contributed by atoms with Crippen molar-refractivity contribution in [2.45, 2.75) is 64.0 Å². The van der Waals surface area contributed by atoms with Crippen LogP contribution in [0.5, 0.6) is 0 Å². The summed E-state index contributed by atoms with van der Waals surface area (Å²) in [4.78, 5) is 32.9. The number of aromatic nitrogens is 1. The molecule has 1 aliphatic heterocycles. The van der Waals surface area contributed by atoms with E-state index in [1.165, 1.54) is 17.8 Å². The van der Waals surface area contributed by atoms with Gasteiger partial charge in [-0.1, -0.05) is 19.3 Å². The molecule has 1 N–H and O–H groups in total. The summed E-state index contributed by atoms with van der Waals surface area (Å²) in [6.07, 6.45) is 8.65. The highest BCUT2D eigenvalue weighted by Gasteiger charge is 2.35. The van der Waals surface area contributed by atoms with Crippen molar-refractivity contribution >= 4 is 40.8 Å². The molecule has 2 aliphatic rings. The van der Waals surface area contributed by atoms with E-state index in [4.69, 9.17) is 5.11 Å². The summed E-state index contributed by atoms with van der Waals surface area (Å²) >= 11 is 1.52. The zero-order valence-electron chi connectivity index (χ0n) is 15.2. The van der Waals surface area contributed by atoms with Crippen LogP contribution >= 0.6 is 23.7 Å². The van der Waals surface area contributed by atoms with Crippen LogP contribution < -0.4 is 4.90 Å². The van der Waals surface area contributed by atoms with Gasteiger partial charge in [-0.3, -0.25) is 19.4 Å². The van der Waals surface area contributed by atoms with E-state index in [0.717, 1.165) is 30.8 Å². The van der Waals surface area contributed by atoms with Crippen molar-refractivity contribution in [3.63, 3.8) is 0 Å². The monoisotopic (exact) mass is 401 g/mol. The standard InChI is InChI=1S/C18H27N3O3S.ClH/c1-13(20-10-7-14(8-11-20)17(23)24)16(22)21(18-19-9-12-25-18)15-5-3-2-4-6-15;/h9,12-15H,2-8,10-11H2,1H3,(H,23,24);1H. The van der Waals surface area contributed by atoms with Crippen LogP contribution in [0.25, 0.3) is 0 Å². The van der Waals surface area contributed by atoms with Crippen molar-refractivity contribution in [1.29, 1.82) is 0 Å². The number of carboxylic acid groups (broad SMARTS) is 1. The van der Waals surface area contributed by atoms with Gasteiger partial charge < -0.3 is 5.11 Å². The summed E-state index contributed by atoms with van der Waals surface area (Å²) in [5.74, 6) is -0.882. The Labute approximate surface area is 165 Å². The molecule has 1 amide bonds. The normalized spacial score (nSPS) is 21.0. The second-order valence-electron chi connectivity index (χ2n) is 7.14. The van der Waals surface area contributed by atoms with Gasteiger partial charge in [0.25, 0.3) is 0 Å². The Morgan fingerprint density at radius 1 is 1.23 bits per heavy atom. The first kappa shape index (κ1) is 21.1. The minimum absolute atomic E-state index is 0. The van der Waals surface area contributed by atoms with Crippen LogP contribution in [-0.2, 0) is 9.59 Å². The van der Waals surface area contributed by atoms with E-state index in [1.54, 1.807) is 6.20 Å². The Kier molecular flexibility index (Phi) is 7.85. The van der Waals surface area contributed by atoms with Crippen LogP contribution in [0.15, 0.2) is 11.6 Å². The predicted octanol–water partition coefficient (Wildman–Crippen LogP) is 3.42. The molecule has 1 aromatic heterocycles. The number of anilines is 1. The number of hydrogen-bond acceptors (Lipinski definition) is 5. The minimum Gasteiger partial charge on any atom is -0.481 e. The van der Waals surface area contributed by atoms with Gasteiger partial charge in [0, 0.05) is 17.6 Å². The van der Waals surface area contributed by atoms with Crippen LogP contribution in [0.3, 0.4) is 0 Å². The molecule has 8 heteroatoms. The SMILES string of the molecule is CC(C(=O)N(c1nccs1)C1CCCCC1)N1CCC(C(=O)O)CC1.Cl. The highest BCUT2D eigenvalue weighted by molar-refractivity contribution is 7.13. The molecule has 3 rings (SSSR count). The maximum atomic E-state index is 13.3. The highest BCUT2D eigenvalue weighted by atomic mass is 35.5. The maximum Gasteiger partial charge on any atom is 0.306 e. The third-order valence-electron chi connectivity index (χ3n) is 5.59. The highest BCUT2D eigenvalue weighted by Crippen LogP contribution is 2.30. The third kappa shape index (κ3) is 4.75. The van der Waals surface area contributed by atoms with Gasteiger partial charge in [0.15, 0.2) is 5.13 Å². The van der Waals surface area contributed by atoms with Crippen LogP contribution in [0, 0.1) is 5.92 Å². The van der Waals surface area contributed by atoms with Crippen molar-refractivity contribution in [1.82, 2.24) is 9.88 Å². The number of amides is 1. The maximum absolute atomic E-state index is 13.3. The van der Waals surface area contributed by atoms with E-state index in [0.29, 0.717) is 25.9 Å². The van der Waals surface area contributed by atoms with E-state index < -0.39 is 5.97 Å². The quantitative estimate of drug-likeness (QED) is 0.818. The number of carbonyl (C=O) groups excluding carboxylic acids is 1. The molecule has 0 radical (unpaired) electrons. The average molecular weight is 402 g/mol. The Morgan fingerprint density at radius 2 is 1.88 bits per heavy atom. The number of hydrogen-bond donors (Lipinski definition) is 1. The fourth-order valence-corrected chi connectivity index (χ4v) is 4.71. The molecule has 2 fully saturated rings. The van der Waals surface area contributed by atoms with Crippen LogP contribution in [0.4, 0.5) is 5.13 Å². The van der Waals surface area contributed by atoms with Crippen molar-refractivity contribution < 1.29 is 14.7 Å². The van der Waals surface area contributed by atoms with Crippen LogP contribution in [0.2, 0.25) is 0 Å². The van der Waals surface area contributed by atoms with E-state index in [9.17, 15) is 9.59 Å². The van der Waals surface area contributed by atoms with Gasteiger partial charge in [0.1, 0.15) is 0 Å². The fraction of sp³-hybridized carbons (Fsp3) is 0.722. The summed E-state index contributed by atoms with van der Waals surface area (Å²) < 4.78 is 0. The van der Waals surface area contributed by atoms with E-state index >= 15 is 0 Å². The largest absolute Gasteiger partial charge is 0.481 e. The van der Waals surface area contributed by atoms with Gasteiger partial charge in [0.05, 0.1) is 12.0 Å². The number of rotatable bonds is 5. The van der Waals surface area contributed by atoms with Crippen molar-refractivity contribution in [2.24, 2.45) is 5.92 Å². The summed E-state index contributed by atoms with van der Waals surface area (Å²) in [6.45, 7) is 3.29. The molecule has 6 nitrogen and oxygen atoms in total. The third-order valence-corrected chi connectivity index (χ3v) is 6.36. The summed E-state index contributed by atoms with van der Waals surface area (Å²) in [7, 11) is 0. The van der Waals surface area contributed by atoms with Gasteiger partial charge in [-0.25, -0.2) is 4.98 Å².